The molecule has 2 aromatic carbocycles. The third kappa shape index (κ3) is 2.65. The molecule has 0 radical (unpaired) electrons. The van der Waals surface area contributed by atoms with Crippen molar-refractivity contribution in [3.8, 4) is 0 Å². The predicted octanol–water partition coefficient (Wildman–Crippen LogP) is 6.37. The molecule has 4 aromatic rings. The van der Waals surface area contributed by atoms with Gasteiger partial charge in [0.1, 0.15) is 10.6 Å². The molecule has 0 saturated carbocycles. The van der Waals surface area contributed by atoms with Gasteiger partial charge in [0, 0.05) is 16.0 Å². The molecule has 0 aliphatic heterocycles. The maximum Gasteiger partial charge on any atom is 0.225 e. The number of anilines is 2. The first-order valence-corrected chi connectivity index (χ1v) is 10.1. The second-order valence-electron chi connectivity index (χ2n) is 7.02. The lowest BCUT2D eigenvalue weighted by Crippen LogP contribution is -2.09. The minimum Gasteiger partial charge on any atom is -0.339 e. The second kappa shape index (κ2) is 6.22. The van der Waals surface area contributed by atoms with Gasteiger partial charge in [0.05, 0.1) is 5.39 Å². The molecular formula is C21H18ClN3S. The van der Waals surface area contributed by atoms with E-state index in [2.05, 4.69) is 64.7 Å². The second-order valence-corrected chi connectivity index (χ2v) is 8.45. The Morgan fingerprint density at radius 2 is 1.96 bits per heavy atom. The van der Waals surface area contributed by atoms with Crippen LogP contribution in [0.25, 0.3) is 21.0 Å². The van der Waals surface area contributed by atoms with Crippen LogP contribution in [0.5, 0.6) is 0 Å². The van der Waals surface area contributed by atoms with Gasteiger partial charge in [0.25, 0.3) is 0 Å². The van der Waals surface area contributed by atoms with Crippen LogP contribution >= 0.6 is 22.9 Å². The first-order valence-electron chi connectivity index (χ1n) is 8.91. The Kier molecular flexibility index (Phi) is 3.84. The first-order chi connectivity index (χ1) is 12.7. The molecule has 130 valence electrons. The van der Waals surface area contributed by atoms with Gasteiger partial charge in [-0.05, 0) is 53.8 Å². The van der Waals surface area contributed by atoms with E-state index in [1.165, 1.54) is 27.6 Å². The number of rotatable bonds is 2. The molecule has 1 atom stereocenters. The van der Waals surface area contributed by atoms with Crippen LogP contribution in [0.1, 0.15) is 23.8 Å². The molecule has 1 N–H and O–H groups in total. The number of halogens is 1. The number of thiophene rings is 1. The highest BCUT2D eigenvalue weighted by Crippen LogP contribution is 2.41. The summed E-state index contributed by atoms with van der Waals surface area (Å²) in [6, 6.07) is 14.6. The monoisotopic (exact) mass is 379 g/mol. The van der Waals surface area contributed by atoms with Crippen molar-refractivity contribution in [2.45, 2.75) is 26.2 Å². The van der Waals surface area contributed by atoms with Gasteiger partial charge in [-0.2, -0.15) is 4.98 Å². The van der Waals surface area contributed by atoms with Crippen molar-refractivity contribution in [3.63, 3.8) is 0 Å². The van der Waals surface area contributed by atoms with E-state index in [1.807, 2.05) is 0 Å². The van der Waals surface area contributed by atoms with Gasteiger partial charge in [-0.15, -0.1) is 11.3 Å². The lowest BCUT2D eigenvalue weighted by molar-refractivity contribution is 0.509. The summed E-state index contributed by atoms with van der Waals surface area (Å²) in [4.78, 5) is 11.5. The lowest BCUT2D eigenvalue weighted by Gasteiger charge is -2.18. The van der Waals surface area contributed by atoms with Crippen LogP contribution < -0.4 is 5.32 Å². The number of nitrogens with one attached hydrogen (secondary N) is 1. The van der Waals surface area contributed by atoms with Crippen molar-refractivity contribution >= 4 is 55.4 Å². The average molecular weight is 380 g/mol. The zero-order valence-corrected chi connectivity index (χ0v) is 16.0. The molecule has 0 saturated heterocycles. The topological polar surface area (TPSA) is 37.8 Å². The Hall–Kier alpha value is -2.17. The van der Waals surface area contributed by atoms with E-state index >= 15 is 0 Å². The Morgan fingerprint density at radius 3 is 2.88 bits per heavy atom. The highest BCUT2D eigenvalue weighted by Gasteiger charge is 2.24. The fourth-order valence-corrected chi connectivity index (χ4v) is 5.47. The third-order valence-electron chi connectivity index (χ3n) is 5.17. The number of aryl methyl sites for hydroxylation is 1. The number of benzene rings is 2. The lowest BCUT2D eigenvalue weighted by atomic mass is 9.89. The van der Waals surface area contributed by atoms with E-state index in [0.29, 0.717) is 5.28 Å². The Balaban J connectivity index is 1.69. The number of aromatic nitrogens is 2. The molecule has 0 bridgehead atoms. The summed E-state index contributed by atoms with van der Waals surface area (Å²) in [6.45, 7) is 2.32. The van der Waals surface area contributed by atoms with E-state index in [4.69, 9.17) is 11.6 Å². The van der Waals surface area contributed by atoms with Gasteiger partial charge in [0.15, 0.2) is 0 Å². The normalized spacial score (nSPS) is 16.8. The van der Waals surface area contributed by atoms with Crippen molar-refractivity contribution in [3.05, 3.63) is 58.2 Å². The number of hydrogen-bond donors (Lipinski definition) is 1. The zero-order chi connectivity index (χ0) is 17.7. The average Bonchev–Trinajstić information content (AvgIpc) is 2.99. The summed E-state index contributed by atoms with van der Waals surface area (Å²) in [5.74, 6) is 1.55. The molecule has 5 rings (SSSR count). The summed E-state index contributed by atoms with van der Waals surface area (Å²) in [5, 5.41) is 7.38. The molecule has 3 nitrogen and oxygen atoms in total. The van der Waals surface area contributed by atoms with E-state index < -0.39 is 0 Å². The number of fused-ring (bicyclic) bond motifs is 4. The van der Waals surface area contributed by atoms with E-state index in [9.17, 15) is 0 Å². The van der Waals surface area contributed by atoms with Gasteiger partial charge in [0.2, 0.25) is 5.28 Å². The van der Waals surface area contributed by atoms with Crippen LogP contribution in [-0.4, -0.2) is 9.97 Å². The molecule has 5 heteroatoms. The predicted molar refractivity (Wildman–Crippen MR) is 111 cm³/mol. The molecule has 2 aromatic heterocycles. The fraction of sp³-hybridized carbons (Fsp3) is 0.238. The van der Waals surface area contributed by atoms with Crippen LogP contribution in [0.4, 0.5) is 11.5 Å². The van der Waals surface area contributed by atoms with Crippen molar-refractivity contribution in [2.75, 3.05) is 5.32 Å². The Labute approximate surface area is 161 Å². The molecule has 1 aliphatic carbocycles. The minimum atomic E-state index is 0.298. The van der Waals surface area contributed by atoms with Crippen molar-refractivity contribution in [2.24, 2.45) is 5.92 Å². The van der Waals surface area contributed by atoms with Crippen LogP contribution in [0.3, 0.4) is 0 Å². The molecule has 2 heterocycles. The van der Waals surface area contributed by atoms with Gasteiger partial charge in [-0.3, -0.25) is 0 Å². The minimum absolute atomic E-state index is 0.298. The smallest absolute Gasteiger partial charge is 0.225 e. The number of nitrogens with zero attached hydrogens (tertiary/aromatic N) is 2. The van der Waals surface area contributed by atoms with E-state index in [1.54, 1.807) is 11.3 Å². The zero-order valence-electron chi connectivity index (χ0n) is 14.4. The fourth-order valence-electron chi connectivity index (χ4n) is 3.87. The van der Waals surface area contributed by atoms with Gasteiger partial charge < -0.3 is 5.32 Å². The van der Waals surface area contributed by atoms with Crippen molar-refractivity contribution in [1.82, 2.24) is 9.97 Å². The summed E-state index contributed by atoms with van der Waals surface area (Å²) in [6.07, 6.45) is 3.43. The van der Waals surface area contributed by atoms with Crippen LogP contribution in [-0.2, 0) is 12.8 Å². The van der Waals surface area contributed by atoms with E-state index in [0.717, 1.165) is 40.5 Å². The molecule has 0 fully saturated rings. The Bertz CT molecular complexity index is 1130. The Morgan fingerprint density at radius 1 is 1.12 bits per heavy atom. The third-order valence-corrected chi connectivity index (χ3v) is 6.49. The molecule has 0 amide bonds. The van der Waals surface area contributed by atoms with Crippen LogP contribution in [0, 0.1) is 5.92 Å². The van der Waals surface area contributed by atoms with Crippen LogP contribution in [0.15, 0.2) is 42.5 Å². The highest BCUT2D eigenvalue weighted by molar-refractivity contribution is 7.19. The molecule has 0 spiro atoms. The summed E-state index contributed by atoms with van der Waals surface area (Å²) in [5.41, 5.74) is 2.45. The van der Waals surface area contributed by atoms with Gasteiger partial charge >= 0.3 is 0 Å². The maximum absolute atomic E-state index is 6.25. The van der Waals surface area contributed by atoms with Gasteiger partial charge in [-0.1, -0.05) is 43.3 Å². The van der Waals surface area contributed by atoms with E-state index in [-0.39, 0.29) is 0 Å². The van der Waals surface area contributed by atoms with Crippen molar-refractivity contribution < 1.29 is 0 Å². The largest absolute Gasteiger partial charge is 0.339 e. The SMILES string of the molecule is CC1CCc2c(sc3nc(Cl)nc(Nc4cccc5ccccc45)c23)C1. The highest BCUT2D eigenvalue weighted by atomic mass is 35.5. The molecular weight excluding hydrogens is 362 g/mol. The molecule has 26 heavy (non-hydrogen) atoms. The first kappa shape index (κ1) is 16.0. The van der Waals surface area contributed by atoms with Crippen molar-refractivity contribution in [1.29, 1.82) is 0 Å². The van der Waals surface area contributed by atoms with Crippen LogP contribution in [0.2, 0.25) is 5.28 Å². The maximum atomic E-state index is 6.25. The standard InChI is InChI=1S/C21H18ClN3S/c1-12-9-10-15-17(11-12)26-20-18(15)19(24-21(22)25-20)23-16-8-4-6-13-5-2-3-7-14(13)16/h2-8,12H,9-11H2,1H3,(H,23,24,25). The number of hydrogen-bond acceptors (Lipinski definition) is 4. The van der Waals surface area contributed by atoms with Gasteiger partial charge in [-0.25, -0.2) is 4.98 Å². The quantitative estimate of drug-likeness (QED) is 0.411. The molecule has 1 aliphatic rings. The summed E-state index contributed by atoms with van der Waals surface area (Å²) in [7, 11) is 0. The summed E-state index contributed by atoms with van der Waals surface area (Å²) >= 11 is 8.02. The summed E-state index contributed by atoms with van der Waals surface area (Å²) < 4.78 is 0. The molecule has 1 unspecified atom stereocenters.